The maximum atomic E-state index is 4.01. The van der Waals surface area contributed by atoms with E-state index in [9.17, 15) is 0 Å². The summed E-state index contributed by atoms with van der Waals surface area (Å²) in [6.45, 7) is 4.01. The van der Waals surface area contributed by atoms with Crippen molar-refractivity contribution >= 4 is 11.6 Å². The van der Waals surface area contributed by atoms with E-state index in [1.54, 1.807) is 0 Å². The van der Waals surface area contributed by atoms with Gasteiger partial charge in [0.15, 0.2) is 6.20 Å². The molecule has 0 saturated heterocycles. The number of fused-ring (bicyclic) bond motifs is 1. The van der Waals surface area contributed by atoms with Crippen molar-refractivity contribution in [2.24, 2.45) is 0 Å². The molecule has 0 radical (unpaired) electrons. The molecule has 1 aliphatic carbocycles. The number of hydrogen-bond acceptors (Lipinski definition) is 0. The van der Waals surface area contributed by atoms with Crippen molar-refractivity contribution in [1.29, 1.82) is 0 Å². The Morgan fingerprint density at radius 1 is 0.941 bits per heavy atom. The summed E-state index contributed by atoms with van der Waals surface area (Å²) in [4.78, 5) is 0. The van der Waals surface area contributed by atoms with Gasteiger partial charge in [-0.3, -0.25) is 0 Å². The van der Waals surface area contributed by atoms with Crippen LogP contribution in [0.5, 0.6) is 0 Å². The number of pyridine rings is 1. The van der Waals surface area contributed by atoms with Gasteiger partial charge in [-0.1, -0.05) is 36.4 Å². The highest BCUT2D eigenvalue weighted by Gasteiger charge is 2.10. The van der Waals surface area contributed by atoms with E-state index in [1.807, 2.05) is 16.5 Å². The van der Waals surface area contributed by atoms with Gasteiger partial charge in [-0.25, -0.2) is 0 Å². The second kappa shape index (κ2) is 4.02. The van der Waals surface area contributed by atoms with E-state index < -0.39 is 0 Å². The molecule has 0 amide bonds. The lowest BCUT2D eigenvalue weighted by atomic mass is 9.93. The predicted octanol–water partition coefficient (Wildman–Crippen LogP) is 2.03. The van der Waals surface area contributed by atoms with Gasteiger partial charge in [-0.2, -0.15) is 4.24 Å². The molecule has 1 aromatic heterocycles. The number of hydrogen-bond donors (Lipinski definition) is 0. The highest BCUT2D eigenvalue weighted by atomic mass is 14.8. The first kappa shape index (κ1) is 10.0. The van der Waals surface area contributed by atoms with E-state index in [1.165, 1.54) is 22.0 Å². The Balaban J connectivity index is 2.21. The van der Waals surface area contributed by atoms with E-state index in [2.05, 4.69) is 55.3 Å². The van der Waals surface area contributed by atoms with Gasteiger partial charge in [-0.15, -0.1) is 0 Å². The Labute approximate surface area is 101 Å². The second-order valence-electron chi connectivity index (χ2n) is 4.29. The minimum absolute atomic E-state index is 0.978. The van der Waals surface area contributed by atoms with Gasteiger partial charge in [0.1, 0.15) is 6.72 Å². The van der Waals surface area contributed by atoms with Crippen LogP contribution in [-0.4, -0.2) is 0 Å². The van der Waals surface area contributed by atoms with Crippen LogP contribution in [0.2, 0.25) is 0 Å². The Bertz CT molecular complexity index is 695. The van der Waals surface area contributed by atoms with Gasteiger partial charge in [0, 0.05) is 24.1 Å². The number of allylic oxidation sites excluding steroid dienone is 1. The molecular weight excluding hydrogens is 206 g/mol. The first-order valence-electron chi connectivity index (χ1n) is 5.78. The van der Waals surface area contributed by atoms with Crippen molar-refractivity contribution in [3.8, 4) is 0 Å². The molecule has 1 heteroatoms. The molecule has 0 bridgehead atoms. The van der Waals surface area contributed by atoms with Crippen LogP contribution in [0.3, 0.4) is 0 Å². The molecule has 0 saturated carbocycles. The van der Waals surface area contributed by atoms with Crippen LogP contribution in [0.25, 0.3) is 11.6 Å². The fourth-order valence-electron chi connectivity index (χ4n) is 2.26. The monoisotopic (exact) mass is 220 g/mol. The molecule has 0 N–H and O–H groups in total. The lowest BCUT2D eigenvalue weighted by molar-refractivity contribution is -0.514. The molecule has 0 unspecified atom stereocenters. The molecule has 17 heavy (non-hydrogen) atoms. The normalized spacial score (nSPS) is 16.7. The lowest BCUT2D eigenvalue weighted by Gasteiger charge is -2.10. The van der Waals surface area contributed by atoms with E-state index in [0.29, 0.717) is 0 Å². The number of benzene rings is 1. The van der Waals surface area contributed by atoms with E-state index in [4.69, 9.17) is 0 Å². The Hall–Kier alpha value is -2.15. The summed E-state index contributed by atoms with van der Waals surface area (Å²) in [5.74, 6) is 0. The summed E-state index contributed by atoms with van der Waals surface area (Å²) in [6.07, 6.45) is 7.34. The third-order valence-electron chi connectivity index (χ3n) is 3.17. The summed E-state index contributed by atoms with van der Waals surface area (Å²) in [5, 5.41) is 1.18. The summed E-state index contributed by atoms with van der Waals surface area (Å²) < 4.78 is 1.92. The maximum Gasteiger partial charge on any atom is 0.213 e. The number of rotatable bonds is 0. The van der Waals surface area contributed by atoms with Crippen LogP contribution in [0.4, 0.5) is 0 Å². The van der Waals surface area contributed by atoms with Crippen molar-refractivity contribution in [3.05, 3.63) is 77.9 Å². The average molecular weight is 220 g/mol. The van der Waals surface area contributed by atoms with E-state index in [-0.39, 0.29) is 0 Å². The summed E-state index contributed by atoms with van der Waals surface area (Å²) in [7, 11) is 0. The molecule has 82 valence electrons. The summed E-state index contributed by atoms with van der Waals surface area (Å²) in [5.41, 5.74) is 4.02. The van der Waals surface area contributed by atoms with Gasteiger partial charge in [0.25, 0.3) is 0 Å². The minimum atomic E-state index is 0.978. The number of nitrogens with zero attached hydrogens (tertiary/aromatic N) is 1. The lowest BCUT2D eigenvalue weighted by Crippen LogP contribution is -2.36. The Morgan fingerprint density at radius 2 is 1.76 bits per heavy atom. The molecule has 1 aliphatic rings. The molecule has 0 atom stereocenters. The van der Waals surface area contributed by atoms with E-state index in [0.717, 1.165) is 6.42 Å². The fraction of sp³-hybridized carbons (Fsp3) is 0.0625. The molecule has 3 rings (SSSR count). The molecular formula is C16H14N+. The topological polar surface area (TPSA) is 5.90 Å². The molecule has 0 fully saturated rings. The molecule has 0 spiro atoms. The largest absolute Gasteiger partial charge is 0.213 e. The first-order chi connectivity index (χ1) is 8.34. The molecule has 0 aliphatic heterocycles. The average Bonchev–Trinajstić information content (AvgIpc) is 2.39. The van der Waals surface area contributed by atoms with Crippen molar-refractivity contribution < 1.29 is 4.24 Å². The van der Waals surface area contributed by atoms with E-state index >= 15 is 0 Å². The highest BCUT2D eigenvalue weighted by molar-refractivity contribution is 5.74. The number of aromatic nitrogens is 1. The third kappa shape index (κ3) is 1.80. The van der Waals surface area contributed by atoms with Crippen LogP contribution in [-0.2, 0) is 6.42 Å². The van der Waals surface area contributed by atoms with Gasteiger partial charge < -0.3 is 0 Å². The zero-order valence-electron chi connectivity index (χ0n) is 9.63. The molecule has 2 aromatic rings. The first-order valence-corrected chi connectivity index (χ1v) is 5.78. The summed E-state index contributed by atoms with van der Waals surface area (Å²) >= 11 is 0. The zero-order chi connectivity index (χ0) is 11.7. The van der Waals surface area contributed by atoms with Crippen molar-refractivity contribution in [1.82, 2.24) is 0 Å². The maximum absolute atomic E-state index is 4.01. The quantitative estimate of drug-likeness (QED) is 0.599. The zero-order valence-corrected chi connectivity index (χ0v) is 9.63. The van der Waals surface area contributed by atoms with Crippen molar-refractivity contribution in [2.75, 3.05) is 0 Å². The van der Waals surface area contributed by atoms with Crippen LogP contribution in [0.1, 0.15) is 11.1 Å². The molecule has 1 nitrogen and oxygen atoms in total. The van der Waals surface area contributed by atoms with Crippen molar-refractivity contribution in [2.45, 2.75) is 6.42 Å². The van der Waals surface area contributed by atoms with Gasteiger partial charge >= 0.3 is 0 Å². The predicted molar refractivity (Wildman–Crippen MR) is 69.6 cm³/mol. The highest BCUT2D eigenvalue weighted by Crippen LogP contribution is 2.21. The van der Waals surface area contributed by atoms with Gasteiger partial charge in [0.05, 0.1) is 0 Å². The Morgan fingerprint density at radius 3 is 2.65 bits per heavy atom. The van der Waals surface area contributed by atoms with Crippen LogP contribution < -0.4 is 9.59 Å². The van der Waals surface area contributed by atoms with Crippen LogP contribution >= 0.6 is 0 Å². The second-order valence-corrected chi connectivity index (χ2v) is 4.29. The fourth-order valence-corrected chi connectivity index (χ4v) is 2.26. The SMILES string of the molecule is C=[n+]1ccccc1=C1C=Cc2ccccc2C1. The minimum Gasteiger partial charge on any atom is -0.174 e. The smallest absolute Gasteiger partial charge is 0.174 e. The Kier molecular flexibility index (Phi) is 2.37. The standard InChI is InChI=1S/C16H14N/c1-17-11-5-4-8-16(17)15-10-9-13-6-2-3-7-14(13)12-15/h2-11H,1,12H2/q+1. The molecule has 1 heterocycles. The molecule has 1 aromatic carbocycles. The van der Waals surface area contributed by atoms with Gasteiger partial charge in [0.2, 0.25) is 5.35 Å². The van der Waals surface area contributed by atoms with Crippen LogP contribution in [0.15, 0.2) is 54.7 Å². The summed E-state index contributed by atoms with van der Waals surface area (Å²) in [6, 6.07) is 14.7. The van der Waals surface area contributed by atoms with Crippen molar-refractivity contribution in [3.63, 3.8) is 0 Å². The van der Waals surface area contributed by atoms with Gasteiger partial charge in [-0.05, 0) is 17.2 Å². The van der Waals surface area contributed by atoms with Crippen LogP contribution in [0, 0.1) is 6.72 Å². The third-order valence-corrected chi connectivity index (χ3v) is 3.17.